The largest absolute Gasteiger partial charge is 0.464 e. The third kappa shape index (κ3) is 3.57. The van der Waals surface area contributed by atoms with E-state index in [1.165, 1.54) is 4.68 Å². The molecule has 1 heterocycles. The molecule has 0 aliphatic rings. The summed E-state index contributed by atoms with van der Waals surface area (Å²) in [6.45, 7) is -0.175. The molecule has 0 bridgehead atoms. The molecule has 5 nitrogen and oxygen atoms in total. The van der Waals surface area contributed by atoms with E-state index in [1.807, 2.05) is 12.1 Å². The van der Waals surface area contributed by atoms with Gasteiger partial charge in [-0.15, -0.1) is 5.10 Å². The number of halogens is 2. The smallest absolute Gasteiger partial charge is 0.327 e. The third-order valence-electron chi connectivity index (χ3n) is 2.38. The molecule has 0 unspecified atom stereocenters. The summed E-state index contributed by atoms with van der Waals surface area (Å²) in [7, 11) is 0. The number of aromatic nitrogens is 3. The highest BCUT2D eigenvalue weighted by atomic mass is 19.3. The highest BCUT2D eigenvalue weighted by Gasteiger charge is 2.09. The summed E-state index contributed by atoms with van der Waals surface area (Å²) >= 11 is 0. The van der Waals surface area contributed by atoms with Crippen LogP contribution in [0, 0.1) is 0 Å². The molecule has 0 spiro atoms. The standard InChI is InChI=1S/C12H11F2N3O2/c13-11(14)6-3-7-19-12(18)8-17-10-5-2-1-4-9(10)15-16-17/h1-2,4-6H,3,7-8H2. The molecule has 100 valence electrons. The molecule has 0 aliphatic carbocycles. The van der Waals surface area contributed by atoms with Crippen LogP contribution in [0.4, 0.5) is 8.78 Å². The predicted molar refractivity (Wildman–Crippen MR) is 63.4 cm³/mol. The van der Waals surface area contributed by atoms with Gasteiger partial charge in [0.05, 0.1) is 12.1 Å². The van der Waals surface area contributed by atoms with Crippen LogP contribution in [-0.4, -0.2) is 27.6 Å². The van der Waals surface area contributed by atoms with E-state index in [1.54, 1.807) is 12.1 Å². The molecule has 2 rings (SSSR count). The molecule has 1 aromatic heterocycles. The summed E-state index contributed by atoms with van der Waals surface area (Å²) in [5.74, 6) is -0.539. The number of fused-ring (bicyclic) bond motifs is 1. The highest BCUT2D eigenvalue weighted by Crippen LogP contribution is 2.09. The van der Waals surface area contributed by atoms with E-state index in [9.17, 15) is 13.6 Å². The van der Waals surface area contributed by atoms with Crippen LogP contribution in [0.5, 0.6) is 0 Å². The molecule has 1 aromatic carbocycles. The van der Waals surface area contributed by atoms with E-state index in [4.69, 9.17) is 4.74 Å². The van der Waals surface area contributed by atoms with Gasteiger partial charge in [0, 0.05) is 6.42 Å². The number of benzene rings is 1. The zero-order valence-corrected chi connectivity index (χ0v) is 9.92. The van der Waals surface area contributed by atoms with Gasteiger partial charge in [0.25, 0.3) is 6.08 Å². The summed E-state index contributed by atoms with van der Waals surface area (Å²) in [6.07, 6.45) is -1.08. The molecule has 0 aliphatic heterocycles. The van der Waals surface area contributed by atoms with E-state index in [2.05, 4.69) is 10.3 Å². The summed E-state index contributed by atoms with van der Waals surface area (Å²) in [4.78, 5) is 11.5. The predicted octanol–water partition coefficient (Wildman–Crippen LogP) is 2.14. The Bertz CT molecular complexity index is 606. The first-order valence-corrected chi connectivity index (χ1v) is 5.62. The molecule has 0 saturated heterocycles. The van der Waals surface area contributed by atoms with Gasteiger partial charge in [0.15, 0.2) is 0 Å². The van der Waals surface area contributed by atoms with Crippen molar-refractivity contribution in [2.45, 2.75) is 13.0 Å². The monoisotopic (exact) mass is 267 g/mol. The van der Waals surface area contributed by atoms with E-state index < -0.39 is 12.0 Å². The average Bonchev–Trinajstić information content (AvgIpc) is 2.78. The lowest BCUT2D eigenvalue weighted by Gasteiger charge is -2.03. The van der Waals surface area contributed by atoms with Gasteiger partial charge in [0.1, 0.15) is 12.1 Å². The van der Waals surface area contributed by atoms with Crippen LogP contribution in [0.3, 0.4) is 0 Å². The van der Waals surface area contributed by atoms with Crippen molar-refractivity contribution in [1.82, 2.24) is 15.0 Å². The van der Waals surface area contributed by atoms with Crippen molar-refractivity contribution in [3.05, 3.63) is 36.4 Å². The van der Waals surface area contributed by atoms with Gasteiger partial charge in [0.2, 0.25) is 0 Å². The average molecular weight is 267 g/mol. The van der Waals surface area contributed by atoms with Crippen molar-refractivity contribution < 1.29 is 18.3 Å². The molecule has 7 heteroatoms. The van der Waals surface area contributed by atoms with E-state index >= 15 is 0 Å². The fourth-order valence-corrected chi connectivity index (χ4v) is 1.54. The lowest BCUT2D eigenvalue weighted by molar-refractivity contribution is -0.144. The molecule has 0 atom stereocenters. The Balaban J connectivity index is 1.90. The van der Waals surface area contributed by atoms with Crippen molar-refractivity contribution in [2.75, 3.05) is 6.61 Å². The number of esters is 1. The molecule has 19 heavy (non-hydrogen) atoms. The Labute approximate surface area is 107 Å². The number of carbonyl (C=O) groups is 1. The van der Waals surface area contributed by atoms with Gasteiger partial charge in [-0.25, -0.2) is 4.68 Å². The molecular weight excluding hydrogens is 256 g/mol. The summed E-state index contributed by atoms with van der Waals surface area (Å²) < 4.78 is 29.7. The topological polar surface area (TPSA) is 57.0 Å². The number of nitrogens with zero attached hydrogens (tertiary/aromatic N) is 3. The Hall–Kier alpha value is -2.31. The molecular formula is C12H11F2N3O2. The Morgan fingerprint density at radius 2 is 2.16 bits per heavy atom. The second kappa shape index (κ2) is 6.03. The SMILES string of the molecule is O=C(Cn1nnc2ccccc21)OCCC=C(F)F. The molecule has 2 aromatic rings. The normalized spacial score (nSPS) is 10.4. The maximum atomic E-state index is 11.7. The quantitative estimate of drug-likeness (QED) is 0.615. The lowest BCUT2D eigenvalue weighted by Crippen LogP contribution is -2.15. The van der Waals surface area contributed by atoms with Crippen LogP contribution in [0.2, 0.25) is 0 Å². The van der Waals surface area contributed by atoms with Crippen LogP contribution in [0.1, 0.15) is 6.42 Å². The number of hydrogen-bond donors (Lipinski definition) is 0. The van der Waals surface area contributed by atoms with Crippen molar-refractivity contribution in [1.29, 1.82) is 0 Å². The summed E-state index contributed by atoms with van der Waals surface area (Å²) in [5.41, 5.74) is 1.40. The highest BCUT2D eigenvalue weighted by molar-refractivity contribution is 5.76. The van der Waals surface area contributed by atoms with Gasteiger partial charge >= 0.3 is 5.97 Å². The maximum Gasteiger partial charge on any atom is 0.327 e. The first kappa shape index (κ1) is 13.1. The molecule has 0 fully saturated rings. The van der Waals surface area contributed by atoms with Crippen LogP contribution >= 0.6 is 0 Å². The van der Waals surface area contributed by atoms with Crippen molar-refractivity contribution >= 4 is 17.0 Å². The van der Waals surface area contributed by atoms with Crippen molar-refractivity contribution in [3.8, 4) is 0 Å². The van der Waals surface area contributed by atoms with Crippen molar-refractivity contribution in [3.63, 3.8) is 0 Å². The second-order valence-electron chi connectivity index (χ2n) is 3.74. The zero-order valence-electron chi connectivity index (χ0n) is 9.92. The second-order valence-corrected chi connectivity index (χ2v) is 3.74. The first-order valence-electron chi connectivity index (χ1n) is 5.62. The molecule has 0 amide bonds. The lowest BCUT2D eigenvalue weighted by atomic mass is 10.3. The number of rotatable bonds is 5. The summed E-state index contributed by atoms with van der Waals surface area (Å²) in [5, 5.41) is 7.71. The Kier molecular flexibility index (Phi) is 4.17. The molecule has 0 saturated carbocycles. The van der Waals surface area contributed by atoms with Crippen LogP contribution in [0.15, 0.2) is 36.4 Å². The Morgan fingerprint density at radius 1 is 1.37 bits per heavy atom. The number of hydrogen-bond acceptors (Lipinski definition) is 4. The van der Waals surface area contributed by atoms with Crippen LogP contribution in [0.25, 0.3) is 11.0 Å². The van der Waals surface area contributed by atoms with E-state index in [0.29, 0.717) is 17.1 Å². The minimum atomic E-state index is -1.78. The first-order chi connectivity index (χ1) is 9.16. The number of carbonyl (C=O) groups excluding carboxylic acids is 1. The fraction of sp³-hybridized carbons (Fsp3) is 0.250. The van der Waals surface area contributed by atoms with Gasteiger partial charge in [-0.2, -0.15) is 8.78 Å². The van der Waals surface area contributed by atoms with E-state index in [0.717, 1.165) is 0 Å². The maximum absolute atomic E-state index is 11.7. The number of para-hydroxylation sites is 1. The van der Waals surface area contributed by atoms with Crippen LogP contribution in [-0.2, 0) is 16.1 Å². The fourth-order valence-electron chi connectivity index (χ4n) is 1.54. The zero-order chi connectivity index (χ0) is 13.7. The van der Waals surface area contributed by atoms with Gasteiger partial charge in [-0.1, -0.05) is 17.3 Å². The van der Waals surface area contributed by atoms with Crippen molar-refractivity contribution in [2.24, 2.45) is 0 Å². The minimum Gasteiger partial charge on any atom is -0.464 e. The summed E-state index contributed by atoms with van der Waals surface area (Å²) in [6, 6.07) is 7.18. The molecule has 0 radical (unpaired) electrons. The van der Waals surface area contributed by atoms with Gasteiger partial charge in [-0.05, 0) is 18.2 Å². The number of ether oxygens (including phenoxy) is 1. The Morgan fingerprint density at radius 3 is 2.95 bits per heavy atom. The molecule has 0 N–H and O–H groups in total. The van der Waals surface area contributed by atoms with Gasteiger partial charge < -0.3 is 4.74 Å². The van der Waals surface area contributed by atoms with Gasteiger partial charge in [-0.3, -0.25) is 4.79 Å². The third-order valence-corrected chi connectivity index (χ3v) is 2.38. The van der Waals surface area contributed by atoms with Crippen LogP contribution < -0.4 is 0 Å². The van der Waals surface area contributed by atoms with E-state index in [-0.39, 0.29) is 19.6 Å². The minimum absolute atomic E-state index is 0.00776.